The van der Waals surface area contributed by atoms with E-state index >= 15 is 0 Å². The van der Waals surface area contributed by atoms with Crippen LogP contribution >= 0.6 is 27.5 Å². The van der Waals surface area contributed by atoms with E-state index < -0.39 is 6.61 Å². The highest BCUT2D eigenvalue weighted by Gasteiger charge is 2.34. The van der Waals surface area contributed by atoms with E-state index in [1.54, 1.807) is 12.1 Å². The number of alkyl halides is 2. The molecule has 116 valence electrons. The molecule has 21 heavy (non-hydrogen) atoms. The third-order valence-corrected chi connectivity index (χ3v) is 4.67. The predicted molar refractivity (Wildman–Crippen MR) is 82.4 cm³/mol. The van der Waals surface area contributed by atoms with Crippen molar-refractivity contribution in [1.29, 1.82) is 0 Å². The molecule has 1 heterocycles. The van der Waals surface area contributed by atoms with Crippen LogP contribution in [0.25, 0.3) is 0 Å². The number of rotatable bonds is 5. The first kappa shape index (κ1) is 15.3. The Bertz CT molecular complexity index is 528. The lowest BCUT2D eigenvalue weighted by Crippen LogP contribution is -2.28. The molecular formula is C14H16BrClF2N2O. The number of anilines is 1. The van der Waals surface area contributed by atoms with Crippen molar-refractivity contribution in [1.82, 2.24) is 4.90 Å². The molecule has 3 rings (SSSR count). The Morgan fingerprint density at radius 1 is 1.33 bits per heavy atom. The molecule has 2 fully saturated rings. The van der Waals surface area contributed by atoms with E-state index in [0.29, 0.717) is 15.2 Å². The fourth-order valence-corrected chi connectivity index (χ4v) is 3.68. The summed E-state index contributed by atoms with van der Waals surface area (Å²) in [5.74, 6) is 0.110. The van der Waals surface area contributed by atoms with Crippen molar-refractivity contribution in [2.45, 2.75) is 38.0 Å². The van der Waals surface area contributed by atoms with Gasteiger partial charge in [-0.3, -0.25) is 4.90 Å². The van der Waals surface area contributed by atoms with Crippen molar-refractivity contribution < 1.29 is 13.5 Å². The van der Waals surface area contributed by atoms with Crippen molar-refractivity contribution in [2.75, 3.05) is 18.4 Å². The molecule has 3 nitrogen and oxygen atoms in total. The molecule has 1 saturated carbocycles. The Morgan fingerprint density at radius 2 is 2.10 bits per heavy atom. The van der Waals surface area contributed by atoms with Gasteiger partial charge in [0.05, 0.1) is 10.2 Å². The molecule has 1 N–H and O–H groups in total. The Morgan fingerprint density at radius 3 is 2.76 bits per heavy atom. The van der Waals surface area contributed by atoms with E-state index in [2.05, 4.69) is 30.9 Å². The zero-order valence-electron chi connectivity index (χ0n) is 11.3. The van der Waals surface area contributed by atoms with Gasteiger partial charge in [-0.25, -0.2) is 0 Å². The second-order valence-corrected chi connectivity index (χ2v) is 6.79. The highest BCUT2D eigenvalue weighted by molar-refractivity contribution is 9.10. The molecular weight excluding hydrogens is 366 g/mol. The summed E-state index contributed by atoms with van der Waals surface area (Å²) >= 11 is 9.24. The number of benzene rings is 1. The lowest BCUT2D eigenvalue weighted by Gasteiger charge is -2.20. The molecule has 0 bridgehead atoms. The quantitative estimate of drug-likeness (QED) is 0.820. The van der Waals surface area contributed by atoms with Crippen LogP contribution in [0.15, 0.2) is 16.6 Å². The molecule has 7 heteroatoms. The van der Waals surface area contributed by atoms with Crippen molar-refractivity contribution in [3.63, 3.8) is 0 Å². The molecule has 2 aliphatic rings. The molecule has 0 amide bonds. The van der Waals surface area contributed by atoms with Crippen molar-refractivity contribution in [3.05, 3.63) is 21.6 Å². The maximum Gasteiger partial charge on any atom is 0.387 e. The molecule has 1 aliphatic carbocycles. The molecule has 1 atom stereocenters. The van der Waals surface area contributed by atoms with Crippen LogP contribution in [0.1, 0.15) is 19.3 Å². The van der Waals surface area contributed by atoms with Gasteiger partial charge in [0, 0.05) is 30.2 Å². The fourth-order valence-electron chi connectivity index (χ4n) is 2.77. The van der Waals surface area contributed by atoms with Crippen LogP contribution in [0.2, 0.25) is 5.02 Å². The number of nitrogens with zero attached hydrogens (tertiary/aromatic N) is 1. The lowest BCUT2D eigenvalue weighted by molar-refractivity contribution is -0.0498. The first-order chi connectivity index (χ1) is 10.0. The second kappa shape index (κ2) is 6.26. The van der Waals surface area contributed by atoms with Crippen molar-refractivity contribution in [3.8, 4) is 5.75 Å². The summed E-state index contributed by atoms with van der Waals surface area (Å²) < 4.78 is 30.2. The van der Waals surface area contributed by atoms with Gasteiger partial charge >= 0.3 is 6.61 Å². The van der Waals surface area contributed by atoms with Crippen molar-refractivity contribution in [2.24, 2.45) is 0 Å². The van der Waals surface area contributed by atoms with E-state index in [0.717, 1.165) is 25.6 Å². The van der Waals surface area contributed by atoms with Crippen LogP contribution in [-0.2, 0) is 0 Å². The number of nitrogens with one attached hydrogen (secondary N) is 1. The van der Waals surface area contributed by atoms with Crippen LogP contribution in [-0.4, -0.2) is 36.7 Å². The minimum atomic E-state index is -2.87. The monoisotopic (exact) mass is 380 g/mol. The topological polar surface area (TPSA) is 24.5 Å². The Hall–Kier alpha value is -0.590. The van der Waals surface area contributed by atoms with Gasteiger partial charge in [-0.05, 0) is 47.3 Å². The first-order valence-corrected chi connectivity index (χ1v) is 8.14. The van der Waals surface area contributed by atoms with Gasteiger partial charge in [-0.1, -0.05) is 11.6 Å². The maximum absolute atomic E-state index is 12.6. The van der Waals surface area contributed by atoms with Gasteiger partial charge in [0.1, 0.15) is 0 Å². The van der Waals surface area contributed by atoms with Crippen LogP contribution in [0.5, 0.6) is 5.75 Å². The second-order valence-electron chi connectivity index (χ2n) is 5.50. The summed E-state index contributed by atoms with van der Waals surface area (Å²) in [5.41, 5.74) is 0.511. The maximum atomic E-state index is 12.6. The molecule has 1 aromatic carbocycles. The number of halogens is 4. The van der Waals surface area contributed by atoms with Gasteiger partial charge in [0.15, 0.2) is 5.75 Å². The summed E-state index contributed by atoms with van der Waals surface area (Å²) in [5, 5.41) is 3.77. The largest absolute Gasteiger partial charge is 0.431 e. The highest BCUT2D eigenvalue weighted by Crippen LogP contribution is 2.39. The number of hydrogen-bond donors (Lipinski definition) is 1. The average molecular weight is 382 g/mol. The number of likely N-dealkylation sites (tertiary alicyclic amines) is 1. The molecule has 1 aromatic rings. The highest BCUT2D eigenvalue weighted by atomic mass is 79.9. The van der Waals surface area contributed by atoms with E-state index in [1.165, 1.54) is 12.8 Å². The summed E-state index contributed by atoms with van der Waals surface area (Å²) in [6, 6.07) is 4.13. The van der Waals surface area contributed by atoms with Gasteiger partial charge < -0.3 is 10.1 Å². The molecule has 1 saturated heterocycles. The van der Waals surface area contributed by atoms with Crippen LogP contribution in [0.3, 0.4) is 0 Å². The van der Waals surface area contributed by atoms with E-state index in [4.69, 9.17) is 11.6 Å². The van der Waals surface area contributed by atoms with Gasteiger partial charge in [0.2, 0.25) is 0 Å². The van der Waals surface area contributed by atoms with E-state index in [1.807, 2.05) is 0 Å². The van der Waals surface area contributed by atoms with E-state index in [-0.39, 0.29) is 11.8 Å². The third kappa shape index (κ3) is 3.79. The molecule has 0 radical (unpaired) electrons. The number of ether oxygens (including phenoxy) is 1. The van der Waals surface area contributed by atoms with Gasteiger partial charge in [-0.2, -0.15) is 8.78 Å². The smallest absolute Gasteiger partial charge is 0.387 e. The normalized spacial score (nSPS) is 22.8. The van der Waals surface area contributed by atoms with Crippen molar-refractivity contribution >= 4 is 33.2 Å². The number of hydrogen-bond acceptors (Lipinski definition) is 3. The zero-order valence-corrected chi connectivity index (χ0v) is 13.6. The van der Waals surface area contributed by atoms with Gasteiger partial charge in [0.25, 0.3) is 0 Å². The predicted octanol–water partition coefficient (Wildman–Crippen LogP) is 4.35. The van der Waals surface area contributed by atoms with Gasteiger partial charge in [-0.15, -0.1) is 0 Å². The summed E-state index contributed by atoms with van der Waals surface area (Å²) in [4.78, 5) is 2.45. The Balaban J connectivity index is 1.74. The van der Waals surface area contributed by atoms with E-state index in [9.17, 15) is 8.78 Å². The zero-order chi connectivity index (χ0) is 15.0. The fraction of sp³-hybridized carbons (Fsp3) is 0.571. The standard InChI is InChI=1S/C14H16BrClF2N2O/c15-11-5-8(16)6-12(13(11)21-14(17)18)19-9-3-4-20(7-9)10-1-2-10/h5-6,9-10,14,19H,1-4,7H2. The molecule has 1 aliphatic heterocycles. The first-order valence-electron chi connectivity index (χ1n) is 6.97. The third-order valence-electron chi connectivity index (χ3n) is 3.86. The molecule has 1 unspecified atom stereocenters. The van der Waals surface area contributed by atoms with Crippen LogP contribution in [0, 0.1) is 0 Å². The minimum Gasteiger partial charge on any atom is -0.431 e. The summed E-state index contributed by atoms with van der Waals surface area (Å²) in [6.45, 7) is -0.882. The SMILES string of the molecule is FC(F)Oc1c(Br)cc(Cl)cc1NC1CCN(C2CC2)C1. The minimum absolute atomic E-state index is 0.110. The molecule has 0 aromatic heterocycles. The average Bonchev–Trinajstić information content (AvgIpc) is 3.14. The Labute approximate surface area is 135 Å². The molecule has 0 spiro atoms. The Kier molecular flexibility index (Phi) is 4.57. The summed E-state index contributed by atoms with van der Waals surface area (Å²) in [6.07, 6.45) is 3.54. The van der Waals surface area contributed by atoms with Crippen LogP contribution in [0.4, 0.5) is 14.5 Å². The summed E-state index contributed by atoms with van der Waals surface area (Å²) in [7, 11) is 0. The lowest BCUT2D eigenvalue weighted by atomic mass is 10.2. The van der Waals surface area contributed by atoms with Crippen LogP contribution < -0.4 is 10.1 Å².